The van der Waals surface area contributed by atoms with E-state index in [-0.39, 0.29) is 0 Å². The van der Waals surface area contributed by atoms with E-state index >= 15 is 0 Å². The van der Waals surface area contributed by atoms with Gasteiger partial charge in [0.25, 0.3) is 0 Å². The summed E-state index contributed by atoms with van der Waals surface area (Å²) in [4.78, 5) is 4.62. The van der Waals surface area contributed by atoms with Gasteiger partial charge in [-0.05, 0) is 18.7 Å². The van der Waals surface area contributed by atoms with Gasteiger partial charge in [0.1, 0.15) is 0 Å². The Morgan fingerprint density at radius 3 is 2.75 bits per heavy atom. The minimum absolute atomic E-state index is 0.493. The van der Waals surface area contributed by atoms with Crippen LogP contribution in [0.2, 0.25) is 0 Å². The van der Waals surface area contributed by atoms with Crippen molar-refractivity contribution in [2.75, 3.05) is 45.7 Å². The van der Waals surface area contributed by atoms with Crippen LogP contribution in [0, 0.1) is 0 Å². The Bertz CT molecular complexity index is 349. The molecule has 3 heteroatoms. The lowest BCUT2D eigenvalue weighted by Crippen LogP contribution is -2.44. The van der Waals surface area contributed by atoms with Crippen molar-refractivity contribution in [2.45, 2.75) is 6.04 Å². The van der Waals surface area contributed by atoms with E-state index in [0.717, 1.165) is 19.6 Å². The van der Waals surface area contributed by atoms with Crippen LogP contribution in [0.15, 0.2) is 24.3 Å². The Kier molecular flexibility index (Phi) is 3.46. The third-order valence-corrected chi connectivity index (χ3v) is 3.29. The van der Waals surface area contributed by atoms with Gasteiger partial charge in [0.15, 0.2) is 0 Å². The van der Waals surface area contributed by atoms with Gasteiger partial charge in [0, 0.05) is 45.5 Å². The Hall–Kier alpha value is -1.06. The van der Waals surface area contributed by atoms with Crippen LogP contribution in [0.1, 0.15) is 11.6 Å². The highest BCUT2D eigenvalue weighted by Gasteiger charge is 2.22. The molecular weight excluding hydrogens is 198 g/mol. The molecule has 1 heterocycles. The Morgan fingerprint density at radius 1 is 1.31 bits per heavy atom. The first kappa shape index (κ1) is 11.4. The van der Waals surface area contributed by atoms with Crippen LogP contribution in [-0.2, 0) is 0 Å². The number of benzene rings is 1. The number of hydrogen-bond donors (Lipinski definition) is 1. The van der Waals surface area contributed by atoms with Crippen LogP contribution in [0.5, 0.6) is 0 Å². The molecule has 1 aromatic rings. The molecule has 88 valence electrons. The highest BCUT2D eigenvalue weighted by atomic mass is 15.2. The molecule has 0 aliphatic carbocycles. The number of rotatable bonds is 2. The number of nitrogens with one attached hydrogen (secondary N) is 1. The van der Waals surface area contributed by atoms with E-state index < -0.39 is 0 Å². The van der Waals surface area contributed by atoms with E-state index in [1.165, 1.54) is 11.3 Å². The number of piperazine rings is 1. The molecule has 16 heavy (non-hydrogen) atoms. The topological polar surface area (TPSA) is 18.5 Å². The third-order valence-electron chi connectivity index (χ3n) is 3.29. The van der Waals surface area contributed by atoms with Gasteiger partial charge in [-0.15, -0.1) is 0 Å². The number of nitrogens with zero attached hydrogens (tertiary/aromatic N) is 2. The van der Waals surface area contributed by atoms with Crippen molar-refractivity contribution in [2.24, 2.45) is 0 Å². The van der Waals surface area contributed by atoms with E-state index in [1.54, 1.807) is 0 Å². The van der Waals surface area contributed by atoms with Gasteiger partial charge in [-0.2, -0.15) is 0 Å². The van der Waals surface area contributed by atoms with Crippen molar-refractivity contribution in [3.8, 4) is 0 Å². The van der Waals surface area contributed by atoms with Gasteiger partial charge in [0.05, 0.1) is 0 Å². The maximum absolute atomic E-state index is 3.47. The lowest BCUT2D eigenvalue weighted by Gasteiger charge is -2.35. The minimum atomic E-state index is 0.493. The zero-order chi connectivity index (χ0) is 11.5. The first-order valence-electron chi connectivity index (χ1n) is 5.87. The second-order valence-corrected chi connectivity index (χ2v) is 4.65. The summed E-state index contributed by atoms with van der Waals surface area (Å²) in [6.45, 7) is 3.25. The summed E-state index contributed by atoms with van der Waals surface area (Å²) in [5.41, 5.74) is 2.74. The summed E-state index contributed by atoms with van der Waals surface area (Å²) < 4.78 is 0. The van der Waals surface area contributed by atoms with Crippen LogP contribution in [0.3, 0.4) is 0 Å². The lowest BCUT2D eigenvalue weighted by atomic mass is 10.0. The maximum atomic E-state index is 3.47. The molecule has 1 fully saturated rings. The van der Waals surface area contributed by atoms with Gasteiger partial charge < -0.3 is 10.2 Å². The third kappa shape index (κ3) is 2.20. The lowest BCUT2D eigenvalue weighted by molar-refractivity contribution is 0.202. The van der Waals surface area contributed by atoms with Crippen molar-refractivity contribution in [1.82, 2.24) is 10.2 Å². The van der Waals surface area contributed by atoms with Crippen molar-refractivity contribution < 1.29 is 0 Å². The molecule has 0 spiro atoms. The predicted molar refractivity (Wildman–Crippen MR) is 69.0 cm³/mol. The minimum Gasteiger partial charge on any atom is -0.377 e. The quantitative estimate of drug-likeness (QED) is 0.809. The Balaban J connectivity index is 2.31. The van der Waals surface area contributed by atoms with Gasteiger partial charge >= 0.3 is 0 Å². The summed E-state index contributed by atoms with van der Waals surface area (Å²) in [6, 6.07) is 9.16. The van der Waals surface area contributed by atoms with Crippen molar-refractivity contribution in [3.63, 3.8) is 0 Å². The molecule has 0 bridgehead atoms. The van der Waals surface area contributed by atoms with Crippen LogP contribution < -0.4 is 10.2 Å². The summed E-state index contributed by atoms with van der Waals surface area (Å²) in [7, 11) is 6.42. The van der Waals surface area contributed by atoms with Crippen LogP contribution >= 0.6 is 0 Å². The monoisotopic (exact) mass is 219 g/mol. The molecule has 1 unspecified atom stereocenters. The van der Waals surface area contributed by atoms with Crippen LogP contribution in [0.25, 0.3) is 0 Å². The molecule has 0 radical (unpaired) electrons. The van der Waals surface area contributed by atoms with Crippen molar-refractivity contribution in [1.29, 1.82) is 0 Å². The number of para-hydroxylation sites is 1. The highest BCUT2D eigenvalue weighted by molar-refractivity contribution is 5.54. The number of hydrogen-bond acceptors (Lipinski definition) is 3. The van der Waals surface area contributed by atoms with Gasteiger partial charge in [-0.25, -0.2) is 0 Å². The second kappa shape index (κ2) is 4.85. The van der Waals surface area contributed by atoms with Gasteiger partial charge in [-0.1, -0.05) is 18.2 Å². The van der Waals surface area contributed by atoms with E-state index in [9.17, 15) is 0 Å². The second-order valence-electron chi connectivity index (χ2n) is 4.65. The van der Waals surface area contributed by atoms with Crippen molar-refractivity contribution >= 4 is 5.69 Å². The summed E-state index contributed by atoms with van der Waals surface area (Å²) in [5.74, 6) is 0. The standard InChI is InChI=1S/C13H21N3/c1-15(2)12-7-5-4-6-11(12)13-10-14-8-9-16(13)3/h4-7,13-14H,8-10H2,1-3H3. The zero-order valence-corrected chi connectivity index (χ0v) is 10.4. The normalized spacial score (nSPS) is 22.1. The molecule has 0 amide bonds. The van der Waals surface area contributed by atoms with E-state index in [4.69, 9.17) is 0 Å². The number of anilines is 1. The molecule has 1 atom stereocenters. The summed E-state index contributed by atoms with van der Waals surface area (Å²) >= 11 is 0. The fourth-order valence-electron chi connectivity index (χ4n) is 2.33. The summed E-state index contributed by atoms with van der Waals surface area (Å²) in [6.07, 6.45) is 0. The average molecular weight is 219 g/mol. The first-order valence-corrected chi connectivity index (χ1v) is 5.87. The SMILES string of the molecule is CN(C)c1ccccc1C1CNCCN1C. The fourth-order valence-corrected chi connectivity index (χ4v) is 2.33. The van der Waals surface area contributed by atoms with E-state index in [0.29, 0.717) is 6.04 Å². The molecular formula is C13H21N3. The molecule has 1 aromatic carbocycles. The molecule has 1 aliphatic heterocycles. The Morgan fingerprint density at radius 2 is 2.06 bits per heavy atom. The Labute approximate surface area is 98.0 Å². The van der Waals surface area contributed by atoms with Gasteiger partial charge in [0.2, 0.25) is 0 Å². The van der Waals surface area contributed by atoms with Crippen molar-refractivity contribution in [3.05, 3.63) is 29.8 Å². The predicted octanol–water partition coefficient (Wildman–Crippen LogP) is 1.33. The first-order chi connectivity index (χ1) is 7.70. The molecule has 1 N–H and O–H groups in total. The van der Waals surface area contributed by atoms with E-state index in [2.05, 4.69) is 60.5 Å². The molecule has 1 saturated heterocycles. The molecule has 0 aromatic heterocycles. The fraction of sp³-hybridized carbons (Fsp3) is 0.538. The van der Waals surface area contributed by atoms with Crippen LogP contribution in [-0.4, -0.2) is 45.7 Å². The van der Waals surface area contributed by atoms with Gasteiger partial charge in [-0.3, -0.25) is 4.90 Å². The molecule has 0 saturated carbocycles. The number of likely N-dealkylation sites (N-methyl/N-ethyl adjacent to an activating group) is 1. The largest absolute Gasteiger partial charge is 0.377 e. The van der Waals surface area contributed by atoms with Crippen LogP contribution in [0.4, 0.5) is 5.69 Å². The molecule has 2 rings (SSSR count). The van der Waals surface area contributed by atoms with E-state index in [1.807, 2.05) is 0 Å². The smallest absolute Gasteiger partial charge is 0.0490 e. The molecule has 3 nitrogen and oxygen atoms in total. The zero-order valence-electron chi connectivity index (χ0n) is 10.4. The summed E-state index contributed by atoms with van der Waals surface area (Å²) in [5, 5.41) is 3.47. The molecule has 1 aliphatic rings. The average Bonchev–Trinajstić information content (AvgIpc) is 2.29. The maximum Gasteiger partial charge on any atom is 0.0490 e. The highest BCUT2D eigenvalue weighted by Crippen LogP contribution is 2.28.